The van der Waals surface area contributed by atoms with E-state index >= 15 is 4.39 Å². The van der Waals surface area contributed by atoms with Gasteiger partial charge in [0.15, 0.2) is 17.4 Å². The molecule has 0 aliphatic carbocycles. The zero-order chi connectivity index (χ0) is 25.4. The van der Waals surface area contributed by atoms with Crippen molar-refractivity contribution in [1.82, 2.24) is 15.3 Å². The Hall–Kier alpha value is -3.53. The molecular weight excluding hydrogens is 469 g/mol. The van der Waals surface area contributed by atoms with Gasteiger partial charge >= 0.3 is 0 Å². The second-order valence-electron chi connectivity index (χ2n) is 9.90. The van der Waals surface area contributed by atoms with Crippen LogP contribution in [0.2, 0.25) is 0 Å². The fourth-order valence-electron chi connectivity index (χ4n) is 4.62. The summed E-state index contributed by atoms with van der Waals surface area (Å²) in [5, 5.41) is 6.18. The number of nitrogens with one attached hydrogen (secondary N) is 2. The minimum atomic E-state index is -0.695. The van der Waals surface area contributed by atoms with E-state index in [2.05, 4.69) is 20.6 Å². The summed E-state index contributed by atoms with van der Waals surface area (Å²) >= 11 is 0. The van der Waals surface area contributed by atoms with Gasteiger partial charge in [0.25, 0.3) is 0 Å². The molecule has 190 valence electrons. The van der Waals surface area contributed by atoms with E-state index in [9.17, 15) is 8.78 Å². The highest BCUT2D eigenvalue weighted by atomic mass is 19.1. The predicted octanol–water partition coefficient (Wildman–Crippen LogP) is 4.71. The minimum absolute atomic E-state index is 0.0634. The highest BCUT2D eigenvalue weighted by molar-refractivity contribution is 5.73. The summed E-state index contributed by atoms with van der Waals surface area (Å²) in [6, 6.07) is 7.68. The number of piperazine rings is 1. The monoisotopic (exact) mass is 498 g/mol. The Balaban J connectivity index is 1.45. The van der Waals surface area contributed by atoms with E-state index in [4.69, 9.17) is 4.74 Å². The van der Waals surface area contributed by atoms with Crippen LogP contribution >= 0.6 is 0 Å². The van der Waals surface area contributed by atoms with Crippen LogP contribution in [0.1, 0.15) is 20.8 Å². The summed E-state index contributed by atoms with van der Waals surface area (Å²) in [4.78, 5) is 12.3. The molecule has 1 fully saturated rings. The molecule has 5 rings (SSSR count). The van der Waals surface area contributed by atoms with E-state index in [1.807, 2.05) is 30.6 Å². The van der Waals surface area contributed by atoms with E-state index < -0.39 is 11.6 Å². The lowest BCUT2D eigenvalue weighted by Gasteiger charge is -2.41. The van der Waals surface area contributed by atoms with Crippen molar-refractivity contribution in [2.75, 3.05) is 54.4 Å². The molecule has 0 saturated carbocycles. The van der Waals surface area contributed by atoms with Crippen LogP contribution in [0.3, 0.4) is 0 Å². The number of fused-ring (bicyclic) bond motifs is 1. The lowest BCUT2D eigenvalue weighted by Crippen LogP contribution is -2.46. The first-order chi connectivity index (χ1) is 17.2. The third-order valence-corrected chi connectivity index (χ3v) is 6.36. The van der Waals surface area contributed by atoms with Gasteiger partial charge in [0.05, 0.1) is 24.1 Å². The molecule has 36 heavy (non-hydrogen) atoms. The molecule has 2 aromatic carbocycles. The van der Waals surface area contributed by atoms with E-state index in [1.54, 1.807) is 18.2 Å². The highest BCUT2D eigenvalue weighted by Gasteiger charge is 2.30. The Morgan fingerprint density at radius 3 is 2.44 bits per heavy atom. The molecule has 10 heteroatoms. The number of hydrogen-bond donors (Lipinski definition) is 2. The summed E-state index contributed by atoms with van der Waals surface area (Å²) in [6.07, 6.45) is 1.02. The number of aromatic nitrogens is 2. The average molecular weight is 499 g/mol. The van der Waals surface area contributed by atoms with E-state index in [0.717, 1.165) is 32.4 Å². The van der Waals surface area contributed by atoms with Gasteiger partial charge < -0.3 is 25.2 Å². The van der Waals surface area contributed by atoms with Gasteiger partial charge in [-0.1, -0.05) is 0 Å². The van der Waals surface area contributed by atoms with Gasteiger partial charge in [0, 0.05) is 43.0 Å². The third kappa shape index (κ3) is 4.77. The smallest absolute Gasteiger partial charge is 0.227 e. The molecule has 2 N–H and O–H groups in total. The third-order valence-electron chi connectivity index (χ3n) is 6.36. The Morgan fingerprint density at radius 1 is 0.944 bits per heavy atom. The Morgan fingerprint density at radius 2 is 1.72 bits per heavy atom. The van der Waals surface area contributed by atoms with E-state index in [0.29, 0.717) is 30.2 Å². The number of ether oxygens (including phenoxy) is 1. The van der Waals surface area contributed by atoms with Crippen molar-refractivity contribution < 1.29 is 17.9 Å². The second kappa shape index (κ2) is 9.50. The largest absolute Gasteiger partial charge is 0.486 e. The summed E-state index contributed by atoms with van der Waals surface area (Å²) < 4.78 is 50.2. The number of nitrogens with zero attached hydrogens (tertiary/aromatic N) is 4. The first-order valence-corrected chi connectivity index (χ1v) is 12.0. The molecule has 0 bridgehead atoms. The average Bonchev–Trinajstić information content (AvgIpc) is 2.85. The van der Waals surface area contributed by atoms with Crippen LogP contribution in [0.25, 0.3) is 11.3 Å². The van der Waals surface area contributed by atoms with Crippen LogP contribution < -0.4 is 25.2 Å². The van der Waals surface area contributed by atoms with Crippen molar-refractivity contribution >= 4 is 23.0 Å². The number of hydrogen-bond acceptors (Lipinski definition) is 7. The fourth-order valence-corrected chi connectivity index (χ4v) is 4.62. The Bertz CT molecular complexity index is 1270. The van der Waals surface area contributed by atoms with Crippen LogP contribution in [-0.2, 0) is 0 Å². The number of rotatable bonds is 4. The van der Waals surface area contributed by atoms with Crippen LogP contribution in [-0.4, -0.2) is 54.8 Å². The van der Waals surface area contributed by atoms with Gasteiger partial charge in [0.2, 0.25) is 5.95 Å². The van der Waals surface area contributed by atoms with Gasteiger partial charge in [0.1, 0.15) is 18.1 Å². The van der Waals surface area contributed by atoms with Crippen molar-refractivity contribution in [1.29, 1.82) is 0 Å². The maximum atomic E-state index is 15.0. The normalized spacial score (nSPS) is 15.9. The van der Waals surface area contributed by atoms with Gasteiger partial charge in [-0.3, -0.25) is 0 Å². The standard InChI is InChI=1S/C26H29F3N6O/c1-26(2,3)35-10-11-36-24-19(28)12-16(13-22(24)35)23-20(29)15-31-25(33-23)32-17-4-5-21(18(27)14-17)34-8-6-30-7-9-34/h4-5,12-15,30H,6-11H2,1-3H3,(H,31,32,33). The molecule has 1 aromatic heterocycles. The highest BCUT2D eigenvalue weighted by Crippen LogP contribution is 2.41. The molecule has 7 nitrogen and oxygen atoms in total. The minimum Gasteiger partial charge on any atom is -0.486 e. The lowest BCUT2D eigenvalue weighted by atomic mass is 10.0. The lowest BCUT2D eigenvalue weighted by molar-refractivity contribution is 0.276. The van der Waals surface area contributed by atoms with Gasteiger partial charge in [-0.05, 0) is 51.1 Å². The molecule has 3 heterocycles. The predicted molar refractivity (Wildman–Crippen MR) is 135 cm³/mol. The molecule has 2 aliphatic heterocycles. The summed E-state index contributed by atoms with van der Waals surface area (Å²) in [7, 11) is 0. The SMILES string of the molecule is CC(C)(C)N1CCOc2c(F)cc(-c3nc(Nc4ccc(N5CCNCC5)c(F)c4)ncc3F)cc21. The number of anilines is 4. The zero-order valence-electron chi connectivity index (χ0n) is 20.5. The number of benzene rings is 2. The molecule has 0 unspecified atom stereocenters. The summed E-state index contributed by atoms with van der Waals surface area (Å²) in [6.45, 7) is 10.1. The van der Waals surface area contributed by atoms with E-state index in [-0.39, 0.29) is 34.3 Å². The van der Waals surface area contributed by atoms with Crippen molar-refractivity contribution in [3.05, 3.63) is 54.0 Å². The molecule has 0 spiro atoms. The number of halogens is 3. The zero-order valence-corrected chi connectivity index (χ0v) is 20.5. The molecule has 0 radical (unpaired) electrons. The molecule has 0 amide bonds. The maximum Gasteiger partial charge on any atom is 0.227 e. The second-order valence-corrected chi connectivity index (χ2v) is 9.90. The summed E-state index contributed by atoms with van der Waals surface area (Å²) in [5.41, 5.74) is 1.40. The molecular formula is C26H29F3N6O. The molecule has 3 aromatic rings. The van der Waals surface area contributed by atoms with Gasteiger partial charge in [-0.2, -0.15) is 0 Å². The van der Waals surface area contributed by atoms with Crippen molar-refractivity contribution in [2.24, 2.45) is 0 Å². The molecule has 2 aliphatic rings. The van der Waals surface area contributed by atoms with E-state index in [1.165, 1.54) is 12.1 Å². The van der Waals surface area contributed by atoms with Crippen molar-refractivity contribution in [3.8, 4) is 17.0 Å². The first kappa shape index (κ1) is 24.2. The van der Waals surface area contributed by atoms with Crippen LogP contribution in [0.5, 0.6) is 5.75 Å². The van der Waals surface area contributed by atoms with Gasteiger partial charge in [-0.25, -0.2) is 23.1 Å². The van der Waals surface area contributed by atoms with Crippen LogP contribution in [0, 0.1) is 17.5 Å². The Labute approximate surface area is 208 Å². The fraction of sp³-hybridized carbons (Fsp3) is 0.385. The molecule has 0 atom stereocenters. The maximum absolute atomic E-state index is 15.0. The summed E-state index contributed by atoms with van der Waals surface area (Å²) in [5.74, 6) is -1.44. The first-order valence-electron chi connectivity index (χ1n) is 12.0. The quantitative estimate of drug-likeness (QED) is 0.540. The van der Waals surface area contributed by atoms with Crippen LogP contribution in [0.4, 0.5) is 36.2 Å². The molecule has 1 saturated heterocycles. The Kier molecular flexibility index (Phi) is 6.38. The van der Waals surface area contributed by atoms with Crippen LogP contribution in [0.15, 0.2) is 36.5 Å². The topological polar surface area (TPSA) is 65.6 Å². The van der Waals surface area contributed by atoms with Gasteiger partial charge in [-0.15, -0.1) is 0 Å². The van der Waals surface area contributed by atoms with Crippen molar-refractivity contribution in [3.63, 3.8) is 0 Å². The van der Waals surface area contributed by atoms with Crippen molar-refractivity contribution in [2.45, 2.75) is 26.3 Å².